The standard InChI is InChI=1S/C11H18ClN3/c1-3-5-8-15(4-2)11-9(13)6-7-10(12)14-11/h6-7H,3-5,8,13H2,1-2H3. The van der Waals surface area contributed by atoms with E-state index in [1.807, 2.05) is 0 Å². The minimum Gasteiger partial charge on any atom is -0.396 e. The Balaban J connectivity index is 2.85. The van der Waals surface area contributed by atoms with Gasteiger partial charge >= 0.3 is 0 Å². The average Bonchev–Trinajstić information content (AvgIpc) is 2.24. The zero-order chi connectivity index (χ0) is 11.3. The van der Waals surface area contributed by atoms with E-state index in [-0.39, 0.29) is 0 Å². The van der Waals surface area contributed by atoms with Gasteiger partial charge < -0.3 is 10.6 Å². The maximum Gasteiger partial charge on any atom is 0.153 e. The van der Waals surface area contributed by atoms with Crippen molar-refractivity contribution in [1.82, 2.24) is 4.98 Å². The summed E-state index contributed by atoms with van der Waals surface area (Å²) in [6.45, 7) is 6.14. The van der Waals surface area contributed by atoms with Gasteiger partial charge in [-0.2, -0.15) is 0 Å². The largest absolute Gasteiger partial charge is 0.396 e. The summed E-state index contributed by atoms with van der Waals surface area (Å²) in [4.78, 5) is 6.42. The van der Waals surface area contributed by atoms with Crippen LogP contribution in [0.4, 0.5) is 11.5 Å². The molecule has 4 heteroatoms. The molecule has 1 aromatic heterocycles. The van der Waals surface area contributed by atoms with Gasteiger partial charge in [0.25, 0.3) is 0 Å². The zero-order valence-corrected chi connectivity index (χ0v) is 10.1. The minimum absolute atomic E-state index is 0.495. The van der Waals surface area contributed by atoms with E-state index in [1.54, 1.807) is 12.1 Å². The summed E-state index contributed by atoms with van der Waals surface area (Å²) in [7, 11) is 0. The molecule has 1 rings (SSSR count). The molecule has 0 bridgehead atoms. The molecule has 0 spiro atoms. The third-order valence-corrected chi connectivity index (χ3v) is 2.54. The Kier molecular flexibility index (Phi) is 4.69. The number of hydrogen-bond donors (Lipinski definition) is 1. The molecule has 0 saturated heterocycles. The molecule has 0 saturated carbocycles. The molecule has 0 atom stereocenters. The molecule has 0 unspecified atom stereocenters. The van der Waals surface area contributed by atoms with E-state index in [0.29, 0.717) is 10.8 Å². The molecule has 0 aliphatic carbocycles. The van der Waals surface area contributed by atoms with Gasteiger partial charge in [-0.3, -0.25) is 0 Å². The molecule has 2 N–H and O–H groups in total. The fourth-order valence-corrected chi connectivity index (χ4v) is 1.60. The Hall–Kier alpha value is -0.960. The van der Waals surface area contributed by atoms with Crippen LogP contribution in [0, 0.1) is 0 Å². The molecule has 0 aliphatic rings. The summed E-state index contributed by atoms with van der Waals surface area (Å²) < 4.78 is 0. The lowest BCUT2D eigenvalue weighted by Gasteiger charge is -2.23. The van der Waals surface area contributed by atoms with Gasteiger partial charge in [0.15, 0.2) is 5.82 Å². The monoisotopic (exact) mass is 227 g/mol. The van der Waals surface area contributed by atoms with E-state index < -0.39 is 0 Å². The van der Waals surface area contributed by atoms with E-state index in [1.165, 1.54) is 0 Å². The van der Waals surface area contributed by atoms with E-state index in [0.717, 1.165) is 31.7 Å². The molecular weight excluding hydrogens is 210 g/mol. The lowest BCUT2D eigenvalue weighted by Crippen LogP contribution is -2.25. The third-order valence-electron chi connectivity index (χ3n) is 2.33. The smallest absolute Gasteiger partial charge is 0.153 e. The zero-order valence-electron chi connectivity index (χ0n) is 9.33. The van der Waals surface area contributed by atoms with Crippen LogP contribution < -0.4 is 10.6 Å². The lowest BCUT2D eigenvalue weighted by atomic mass is 10.3. The maximum atomic E-state index is 5.87. The van der Waals surface area contributed by atoms with Crippen LogP contribution in [0.15, 0.2) is 12.1 Å². The van der Waals surface area contributed by atoms with Crippen LogP contribution in [0.25, 0.3) is 0 Å². The third kappa shape index (κ3) is 3.27. The number of pyridine rings is 1. The second kappa shape index (κ2) is 5.81. The molecule has 3 nitrogen and oxygen atoms in total. The SMILES string of the molecule is CCCCN(CC)c1nc(Cl)ccc1N. The van der Waals surface area contributed by atoms with Crippen molar-refractivity contribution in [3.05, 3.63) is 17.3 Å². The van der Waals surface area contributed by atoms with Crippen molar-refractivity contribution in [2.75, 3.05) is 23.7 Å². The summed E-state index contributed by atoms with van der Waals surface area (Å²) in [5, 5.41) is 0.495. The Bertz CT molecular complexity index is 315. The Morgan fingerprint density at radius 2 is 2.13 bits per heavy atom. The highest BCUT2D eigenvalue weighted by molar-refractivity contribution is 6.29. The summed E-state index contributed by atoms with van der Waals surface area (Å²) in [6.07, 6.45) is 2.30. The quantitative estimate of drug-likeness (QED) is 0.787. The number of hydrogen-bond acceptors (Lipinski definition) is 3. The number of nitrogen functional groups attached to an aromatic ring is 1. The van der Waals surface area contributed by atoms with Gasteiger partial charge in [0.1, 0.15) is 5.15 Å². The van der Waals surface area contributed by atoms with Gasteiger partial charge in [-0.15, -0.1) is 0 Å². The number of anilines is 2. The second-order valence-corrected chi connectivity index (χ2v) is 3.87. The number of aromatic nitrogens is 1. The van der Waals surface area contributed by atoms with Crippen molar-refractivity contribution < 1.29 is 0 Å². The lowest BCUT2D eigenvalue weighted by molar-refractivity contribution is 0.725. The summed E-state index contributed by atoms with van der Waals surface area (Å²) in [6, 6.07) is 3.52. The van der Waals surface area contributed by atoms with Crippen molar-refractivity contribution in [3.63, 3.8) is 0 Å². The number of nitrogens with zero attached hydrogens (tertiary/aromatic N) is 2. The van der Waals surface area contributed by atoms with Gasteiger partial charge in [0.2, 0.25) is 0 Å². The predicted molar refractivity (Wildman–Crippen MR) is 66.5 cm³/mol. The molecule has 1 heterocycles. The van der Waals surface area contributed by atoms with Gasteiger partial charge in [0, 0.05) is 13.1 Å². The molecule has 84 valence electrons. The topological polar surface area (TPSA) is 42.2 Å². The number of halogens is 1. The number of rotatable bonds is 5. The van der Waals surface area contributed by atoms with E-state index in [9.17, 15) is 0 Å². The molecule has 0 amide bonds. The second-order valence-electron chi connectivity index (χ2n) is 3.48. The van der Waals surface area contributed by atoms with E-state index in [2.05, 4.69) is 23.7 Å². The van der Waals surface area contributed by atoms with Crippen molar-refractivity contribution >= 4 is 23.1 Å². The van der Waals surface area contributed by atoms with E-state index in [4.69, 9.17) is 17.3 Å². The highest BCUT2D eigenvalue weighted by Gasteiger charge is 2.09. The highest BCUT2D eigenvalue weighted by Crippen LogP contribution is 2.22. The molecule has 0 fully saturated rings. The van der Waals surface area contributed by atoms with Crippen LogP contribution in [-0.2, 0) is 0 Å². The molecule has 0 aromatic carbocycles. The molecule has 1 aromatic rings. The molecule has 0 radical (unpaired) electrons. The number of nitrogens with two attached hydrogens (primary N) is 1. The van der Waals surface area contributed by atoms with Crippen molar-refractivity contribution in [3.8, 4) is 0 Å². The van der Waals surface area contributed by atoms with Gasteiger partial charge in [0.05, 0.1) is 5.69 Å². The molecule has 15 heavy (non-hydrogen) atoms. The summed E-state index contributed by atoms with van der Waals surface area (Å²) in [5.74, 6) is 0.804. The normalized spacial score (nSPS) is 10.3. The van der Waals surface area contributed by atoms with Crippen molar-refractivity contribution in [1.29, 1.82) is 0 Å². The van der Waals surface area contributed by atoms with Gasteiger partial charge in [-0.25, -0.2) is 4.98 Å². The summed E-state index contributed by atoms with van der Waals surface area (Å²) in [5.41, 5.74) is 6.57. The first-order valence-corrected chi connectivity index (χ1v) is 5.73. The van der Waals surface area contributed by atoms with Crippen molar-refractivity contribution in [2.45, 2.75) is 26.7 Å². The van der Waals surface area contributed by atoms with Crippen LogP contribution in [0.1, 0.15) is 26.7 Å². The average molecular weight is 228 g/mol. The molecule has 0 aliphatic heterocycles. The van der Waals surface area contributed by atoms with Crippen LogP contribution >= 0.6 is 11.6 Å². The fourth-order valence-electron chi connectivity index (χ4n) is 1.45. The molecular formula is C11H18ClN3. The van der Waals surface area contributed by atoms with Crippen LogP contribution in [-0.4, -0.2) is 18.1 Å². The van der Waals surface area contributed by atoms with Gasteiger partial charge in [-0.05, 0) is 25.5 Å². The predicted octanol–water partition coefficient (Wildman–Crippen LogP) is 2.94. The Morgan fingerprint density at radius 3 is 2.73 bits per heavy atom. The van der Waals surface area contributed by atoms with Crippen LogP contribution in [0.5, 0.6) is 0 Å². The first-order valence-electron chi connectivity index (χ1n) is 5.36. The van der Waals surface area contributed by atoms with Crippen LogP contribution in [0.3, 0.4) is 0 Å². The van der Waals surface area contributed by atoms with E-state index >= 15 is 0 Å². The van der Waals surface area contributed by atoms with Gasteiger partial charge in [-0.1, -0.05) is 24.9 Å². The minimum atomic E-state index is 0.495. The Labute approximate surface area is 96.2 Å². The van der Waals surface area contributed by atoms with Crippen molar-refractivity contribution in [2.24, 2.45) is 0 Å². The first kappa shape index (κ1) is 12.1. The summed E-state index contributed by atoms with van der Waals surface area (Å²) >= 11 is 5.86. The fraction of sp³-hybridized carbons (Fsp3) is 0.545. The maximum absolute atomic E-state index is 5.87. The van der Waals surface area contributed by atoms with Crippen LogP contribution in [0.2, 0.25) is 5.15 Å². The number of unbranched alkanes of at least 4 members (excludes halogenated alkanes) is 1. The Morgan fingerprint density at radius 1 is 1.40 bits per heavy atom. The highest BCUT2D eigenvalue weighted by atomic mass is 35.5. The first-order chi connectivity index (χ1) is 7.19.